The van der Waals surface area contributed by atoms with E-state index in [9.17, 15) is 0 Å². The van der Waals surface area contributed by atoms with E-state index >= 15 is 0 Å². The molecule has 0 bridgehead atoms. The summed E-state index contributed by atoms with van der Waals surface area (Å²) >= 11 is 1.96. The second-order valence-corrected chi connectivity index (χ2v) is 7.38. The standard InChI is InChI=1S/C16H25NOS/c1-16(2,3)17-10-13-5-4-6-15(9-13)19-12-14-7-8-18-11-14/h4-6,9,14,17H,7-8,10-12H2,1-3H3. The first-order valence-corrected chi connectivity index (χ1v) is 8.06. The van der Waals surface area contributed by atoms with E-state index in [4.69, 9.17) is 4.74 Å². The Hall–Kier alpha value is -0.510. The summed E-state index contributed by atoms with van der Waals surface area (Å²) in [6, 6.07) is 8.87. The zero-order valence-corrected chi connectivity index (χ0v) is 13.1. The van der Waals surface area contributed by atoms with Gasteiger partial charge in [-0.2, -0.15) is 0 Å². The summed E-state index contributed by atoms with van der Waals surface area (Å²) in [4.78, 5) is 1.38. The number of hydrogen-bond acceptors (Lipinski definition) is 3. The highest BCUT2D eigenvalue weighted by molar-refractivity contribution is 7.99. The molecule has 1 heterocycles. The molecule has 2 rings (SSSR count). The SMILES string of the molecule is CC(C)(C)NCc1cccc(SCC2CCOC2)c1. The number of rotatable bonds is 5. The van der Waals surface area contributed by atoms with Crippen molar-refractivity contribution >= 4 is 11.8 Å². The Labute approximate surface area is 121 Å². The fraction of sp³-hybridized carbons (Fsp3) is 0.625. The van der Waals surface area contributed by atoms with E-state index in [0.717, 1.165) is 25.7 Å². The predicted molar refractivity (Wildman–Crippen MR) is 82.7 cm³/mol. The quantitative estimate of drug-likeness (QED) is 0.830. The van der Waals surface area contributed by atoms with Crippen molar-refractivity contribution in [2.24, 2.45) is 5.92 Å². The summed E-state index contributed by atoms with van der Waals surface area (Å²) in [6.45, 7) is 9.42. The van der Waals surface area contributed by atoms with E-state index in [0.29, 0.717) is 0 Å². The maximum atomic E-state index is 5.42. The molecule has 1 N–H and O–H groups in total. The molecule has 0 amide bonds. The van der Waals surface area contributed by atoms with E-state index in [1.807, 2.05) is 11.8 Å². The van der Waals surface area contributed by atoms with Crippen molar-refractivity contribution in [1.82, 2.24) is 5.32 Å². The lowest BCUT2D eigenvalue weighted by Gasteiger charge is -2.20. The van der Waals surface area contributed by atoms with Crippen LogP contribution in [0.4, 0.5) is 0 Å². The Morgan fingerprint density at radius 2 is 2.21 bits per heavy atom. The van der Waals surface area contributed by atoms with Crippen LogP contribution in [0.2, 0.25) is 0 Å². The Balaban J connectivity index is 1.84. The molecule has 1 saturated heterocycles. The highest BCUT2D eigenvalue weighted by Crippen LogP contribution is 2.25. The molecule has 1 fully saturated rings. The van der Waals surface area contributed by atoms with Gasteiger partial charge in [0.05, 0.1) is 6.61 Å². The van der Waals surface area contributed by atoms with Gasteiger partial charge >= 0.3 is 0 Å². The van der Waals surface area contributed by atoms with Crippen LogP contribution in [0, 0.1) is 5.92 Å². The summed E-state index contributed by atoms with van der Waals surface area (Å²) in [7, 11) is 0. The maximum Gasteiger partial charge on any atom is 0.0503 e. The maximum absolute atomic E-state index is 5.42. The average Bonchev–Trinajstić information content (AvgIpc) is 2.87. The first kappa shape index (κ1) is 14.9. The molecule has 1 aliphatic heterocycles. The monoisotopic (exact) mass is 279 g/mol. The van der Waals surface area contributed by atoms with Crippen molar-refractivity contribution in [2.45, 2.75) is 44.2 Å². The third kappa shape index (κ3) is 5.55. The molecule has 1 aromatic carbocycles. The van der Waals surface area contributed by atoms with Crippen LogP contribution in [0.5, 0.6) is 0 Å². The summed E-state index contributed by atoms with van der Waals surface area (Å²) in [5.41, 5.74) is 1.53. The van der Waals surface area contributed by atoms with Crippen LogP contribution in [-0.4, -0.2) is 24.5 Å². The molecule has 3 heteroatoms. The number of thioether (sulfide) groups is 1. The third-order valence-corrected chi connectivity index (χ3v) is 4.46. The van der Waals surface area contributed by atoms with Gasteiger partial charge < -0.3 is 10.1 Å². The minimum absolute atomic E-state index is 0.171. The highest BCUT2D eigenvalue weighted by Gasteiger charge is 2.15. The molecule has 106 valence electrons. The number of nitrogens with one attached hydrogen (secondary N) is 1. The molecule has 0 aromatic heterocycles. The van der Waals surface area contributed by atoms with Crippen LogP contribution in [0.3, 0.4) is 0 Å². The molecular weight excluding hydrogens is 254 g/mol. The molecule has 1 unspecified atom stereocenters. The first-order valence-electron chi connectivity index (χ1n) is 7.07. The molecule has 2 nitrogen and oxygen atoms in total. The Morgan fingerprint density at radius 1 is 1.37 bits per heavy atom. The molecular formula is C16H25NOS. The molecule has 1 aromatic rings. The molecule has 19 heavy (non-hydrogen) atoms. The minimum Gasteiger partial charge on any atom is -0.381 e. The average molecular weight is 279 g/mol. The number of benzene rings is 1. The highest BCUT2D eigenvalue weighted by atomic mass is 32.2. The number of hydrogen-bond donors (Lipinski definition) is 1. The third-order valence-electron chi connectivity index (χ3n) is 3.23. The van der Waals surface area contributed by atoms with E-state index in [2.05, 4.69) is 50.4 Å². The van der Waals surface area contributed by atoms with Gasteiger partial charge in [0.1, 0.15) is 0 Å². The van der Waals surface area contributed by atoms with Gasteiger partial charge in [-0.1, -0.05) is 12.1 Å². The molecule has 1 aliphatic rings. The molecule has 1 atom stereocenters. The van der Waals surface area contributed by atoms with Crippen LogP contribution < -0.4 is 5.32 Å². The summed E-state index contributed by atoms with van der Waals surface area (Å²) in [6.07, 6.45) is 1.22. The van der Waals surface area contributed by atoms with Crippen molar-refractivity contribution in [1.29, 1.82) is 0 Å². The zero-order chi connectivity index (χ0) is 13.7. The van der Waals surface area contributed by atoms with E-state index in [1.54, 1.807) is 0 Å². The Kier molecular flexibility index (Phi) is 5.31. The van der Waals surface area contributed by atoms with Crippen molar-refractivity contribution < 1.29 is 4.74 Å². The Bertz CT molecular complexity index is 394. The van der Waals surface area contributed by atoms with Crippen molar-refractivity contribution in [3.05, 3.63) is 29.8 Å². The van der Waals surface area contributed by atoms with E-state index in [1.165, 1.54) is 22.6 Å². The van der Waals surface area contributed by atoms with Gasteiger partial charge in [0.25, 0.3) is 0 Å². The number of ether oxygens (including phenoxy) is 1. The summed E-state index contributed by atoms with van der Waals surface area (Å²) in [5.74, 6) is 1.91. The smallest absolute Gasteiger partial charge is 0.0503 e. The fourth-order valence-corrected chi connectivity index (χ4v) is 3.14. The molecule has 0 spiro atoms. The second kappa shape index (κ2) is 6.78. The van der Waals surface area contributed by atoms with E-state index < -0.39 is 0 Å². The van der Waals surface area contributed by atoms with Gasteiger partial charge in [-0.3, -0.25) is 0 Å². The van der Waals surface area contributed by atoms with Gasteiger partial charge in [-0.25, -0.2) is 0 Å². The predicted octanol–water partition coefficient (Wildman–Crippen LogP) is 3.70. The van der Waals surface area contributed by atoms with E-state index in [-0.39, 0.29) is 5.54 Å². The second-order valence-electron chi connectivity index (χ2n) is 6.29. The molecule has 0 aliphatic carbocycles. The van der Waals surface area contributed by atoms with Gasteiger partial charge in [0.15, 0.2) is 0 Å². The van der Waals surface area contributed by atoms with Crippen molar-refractivity contribution in [3.63, 3.8) is 0 Å². The van der Waals surface area contributed by atoms with Crippen molar-refractivity contribution in [2.75, 3.05) is 19.0 Å². The zero-order valence-electron chi connectivity index (χ0n) is 12.2. The largest absolute Gasteiger partial charge is 0.381 e. The van der Waals surface area contributed by atoms with Gasteiger partial charge in [-0.15, -0.1) is 11.8 Å². The van der Waals surface area contributed by atoms with Crippen molar-refractivity contribution in [3.8, 4) is 0 Å². The van der Waals surface area contributed by atoms with Gasteiger partial charge in [-0.05, 0) is 50.8 Å². The van der Waals surface area contributed by atoms with Gasteiger partial charge in [0, 0.05) is 29.3 Å². The topological polar surface area (TPSA) is 21.3 Å². The lowest BCUT2D eigenvalue weighted by molar-refractivity contribution is 0.189. The van der Waals surface area contributed by atoms with Crippen LogP contribution in [-0.2, 0) is 11.3 Å². The lowest BCUT2D eigenvalue weighted by Crippen LogP contribution is -2.35. The minimum atomic E-state index is 0.171. The first-order chi connectivity index (χ1) is 9.03. The molecule has 0 radical (unpaired) electrons. The van der Waals surface area contributed by atoms with Crippen LogP contribution in [0.1, 0.15) is 32.8 Å². The van der Waals surface area contributed by atoms with Gasteiger partial charge in [0.2, 0.25) is 0 Å². The molecule has 0 saturated carbocycles. The fourth-order valence-electron chi connectivity index (χ4n) is 2.04. The summed E-state index contributed by atoms with van der Waals surface area (Å²) < 4.78 is 5.42. The normalized spacial score (nSPS) is 19.8. The van der Waals surface area contributed by atoms with Crippen LogP contribution >= 0.6 is 11.8 Å². The summed E-state index contributed by atoms with van der Waals surface area (Å²) in [5, 5.41) is 3.53. The Morgan fingerprint density at radius 3 is 2.89 bits per heavy atom. The lowest BCUT2D eigenvalue weighted by atomic mass is 10.1. The van der Waals surface area contributed by atoms with Crippen LogP contribution in [0.15, 0.2) is 29.2 Å². The van der Waals surface area contributed by atoms with Crippen LogP contribution in [0.25, 0.3) is 0 Å².